The minimum atomic E-state index is -3.13. The average Bonchev–Trinajstić information content (AvgIpc) is 2.29. The molecule has 2 atom stereocenters. The molecule has 3 rings (SSSR count). The van der Waals surface area contributed by atoms with E-state index in [9.17, 15) is 13.2 Å². The van der Waals surface area contributed by atoms with Gasteiger partial charge in [0.1, 0.15) is 0 Å². The Balaban J connectivity index is 2.02. The second-order valence-electron chi connectivity index (χ2n) is 5.28. The molecule has 1 aromatic heterocycles. The predicted molar refractivity (Wildman–Crippen MR) is 68.0 cm³/mol. The van der Waals surface area contributed by atoms with Crippen molar-refractivity contribution in [2.75, 3.05) is 19.3 Å². The van der Waals surface area contributed by atoms with E-state index in [1.807, 2.05) is 6.07 Å². The summed E-state index contributed by atoms with van der Waals surface area (Å²) in [6.45, 7) is 1.67. The van der Waals surface area contributed by atoms with Crippen molar-refractivity contribution in [3.63, 3.8) is 0 Å². The zero-order chi connectivity index (χ0) is 12.9. The lowest BCUT2D eigenvalue weighted by Crippen LogP contribution is -2.48. The lowest BCUT2D eigenvalue weighted by atomic mass is 9.84. The van der Waals surface area contributed by atoms with E-state index in [1.54, 1.807) is 21.0 Å². The van der Waals surface area contributed by atoms with E-state index in [1.165, 1.54) is 6.26 Å². The van der Waals surface area contributed by atoms with Crippen molar-refractivity contribution < 1.29 is 8.42 Å². The summed E-state index contributed by atoms with van der Waals surface area (Å²) in [6, 6.07) is 5.26. The second-order valence-corrected chi connectivity index (χ2v) is 7.26. The molecule has 0 radical (unpaired) electrons. The fourth-order valence-electron chi connectivity index (χ4n) is 3.12. The van der Waals surface area contributed by atoms with E-state index in [0.717, 1.165) is 12.1 Å². The third kappa shape index (κ3) is 1.89. The van der Waals surface area contributed by atoms with E-state index in [4.69, 9.17) is 0 Å². The highest BCUT2D eigenvalue weighted by Crippen LogP contribution is 2.35. The Bertz CT molecular complexity index is 635. The summed E-state index contributed by atoms with van der Waals surface area (Å²) in [5.41, 5.74) is 1.00. The van der Waals surface area contributed by atoms with Crippen LogP contribution in [0, 0.1) is 5.92 Å². The van der Waals surface area contributed by atoms with Crippen LogP contribution in [0.2, 0.25) is 0 Å². The summed E-state index contributed by atoms with van der Waals surface area (Å²) in [4.78, 5) is 11.8. The van der Waals surface area contributed by atoms with Gasteiger partial charge in [0.05, 0.1) is 6.26 Å². The molecule has 0 N–H and O–H groups in total. The van der Waals surface area contributed by atoms with Crippen LogP contribution in [0.5, 0.6) is 0 Å². The lowest BCUT2D eigenvalue weighted by Gasteiger charge is -2.41. The molecule has 0 spiro atoms. The van der Waals surface area contributed by atoms with Crippen molar-refractivity contribution in [3.8, 4) is 0 Å². The largest absolute Gasteiger partial charge is 0.312 e. The Morgan fingerprint density at radius 2 is 2.00 bits per heavy atom. The first kappa shape index (κ1) is 11.9. The topological polar surface area (TPSA) is 59.4 Å². The number of hydrogen-bond acceptors (Lipinski definition) is 3. The quantitative estimate of drug-likeness (QED) is 0.732. The number of nitrogens with zero attached hydrogens (tertiary/aromatic N) is 2. The van der Waals surface area contributed by atoms with Crippen LogP contribution in [0.1, 0.15) is 18.0 Å². The first-order chi connectivity index (χ1) is 8.45. The summed E-state index contributed by atoms with van der Waals surface area (Å²) in [6.07, 6.45) is 2.24. The van der Waals surface area contributed by atoms with Crippen molar-refractivity contribution in [2.24, 2.45) is 5.92 Å². The van der Waals surface area contributed by atoms with Crippen molar-refractivity contribution in [1.29, 1.82) is 0 Å². The van der Waals surface area contributed by atoms with Crippen molar-refractivity contribution >= 4 is 10.0 Å². The van der Waals surface area contributed by atoms with E-state index in [0.29, 0.717) is 19.6 Å². The van der Waals surface area contributed by atoms with Gasteiger partial charge >= 0.3 is 0 Å². The Hall–Kier alpha value is -1.14. The van der Waals surface area contributed by atoms with Crippen LogP contribution < -0.4 is 5.56 Å². The zero-order valence-corrected chi connectivity index (χ0v) is 11.1. The lowest BCUT2D eigenvalue weighted by molar-refractivity contribution is 0.187. The molecule has 2 bridgehead atoms. The minimum absolute atomic E-state index is 0.0232. The standard InChI is InChI=1S/C12H16N2O3S/c1-18(16,17)13-6-9-5-10(8-13)11-3-2-4-12(15)14(11)7-9/h2-4,9-10H,5-8H2,1H3/t9-,10-/m0/s1. The van der Waals surface area contributed by atoms with Gasteiger partial charge < -0.3 is 4.57 Å². The van der Waals surface area contributed by atoms with Crippen molar-refractivity contribution in [2.45, 2.75) is 18.9 Å². The van der Waals surface area contributed by atoms with Crippen LogP contribution in [0.3, 0.4) is 0 Å². The molecular formula is C12H16N2O3S. The van der Waals surface area contributed by atoms with Gasteiger partial charge in [0.15, 0.2) is 0 Å². The summed E-state index contributed by atoms with van der Waals surface area (Å²) < 4.78 is 26.7. The summed E-state index contributed by atoms with van der Waals surface area (Å²) in [7, 11) is -3.13. The second kappa shape index (κ2) is 3.93. The Morgan fingerprint density at radius 3 is 2.72 bits per heavy atom. The summed E-state index contributed by atoms with van der Waals surface area (Å²) in [5, 5.41) is 0. The molecule has 18 heavy (non-hydrogen) atoms. The summed E-state index contributed by atoms with van der Waals surface area (Å²) in [5.74, 6) is 0.409. The normalized spacial score (nSPS) is 27.8. The molecule has 0 amide bonds. The monoisotopic (exact) mass is 268 g/mol. The van der Waals surface area contributed by atoms with Gasteiger partial charge in [-0.2, -0.15) is 0 Å². The van der Waals surface area contributed by atoms with Gasteiger partial charge in [-0.25, -0.2) is 12.7 Å². The average molecular weight is 268 g/mol. The number of fused-ring (bicyclic) bond motifs is 4. The molecule has 5 nitrogen and oxygen atoms in total. The molecule has 6 heteroatoms. The van der Waals surface area contributed by atoms with Crippen LogP contribution >= 0.6 is 0 Å². The van der Waals surface area contributed by atoms with Gasteiger partial charge in [0.2, 0.25) is 10.0 Å². The molecule has 2 aliphatic heterocycles. The molecule has 0 aliphatic carbocycles. The first-order valence-corrected chi connectivity index (χ1v) is 7.95. The molecule has 3 heterocycles. The number of pyridine rings is 1. The van der Waals surface area contributed by atoms with Crippen LogP contribution in [0.4, 0.5) is 0 Å². The predicted octanol–water partition coefficient (Wildman–Crippen LogP) is 0.227. The third-order valence-electron chi connectivity index (χ3n) is 3.92. The number of sulfonamides is 1. The van der Waals surface area contributed by atoms with Gasteiger partial charge in [-0.05, 0) is 18.4 Å². The highest BCUT2D eigenvalue weighted by molar-refractivity contribution is 7.88. The van der Waals surface area contributed by atoms with E-state index in [-0.39, 0.29) is 17.4 Å². The minimum Gasteiger partial charge on any atom is -0.312 e. The SMILES string of the molecule is CS(=O)(=O)N1C[C@@H]2C[C@@H](C1)c1cccc(=O)n1C2. The van der Waals surface area contributed by atoms with Crippen LogP contribution in [0.15, 0.2) is 23.0 Å². The van der Waals surface area contributed by atoms with Gasteiger partial charge in [0.25, 0.3) is 5.56 Å². The number of rotatable bonds is 1. The molecule has 2 aliphatic rings. The molecule has 1 aromatic rings. The zero-order valence-electron chi connectivity index (χ0n) is 10.2. The molecule has 1 fully saturated rings. The molecule has 98 valence electrons. The fourth-order valence-corrected chi connectivity index (χ4v) is 4.06. The number of hydrogen-bond donors (Lipinski definition) is 0. The maximum Gasteiger partial charge on any atom is 0.250 e. The van der Waals surface area contributed by atoms with Gasteiger partial charge in [-0.3, -0.25) is 4.79 Å². The van der Waals surface area contributed by atoms with Crippen molar-refractivity contribution in [3.05, 3.63) is 34.2 Å². The molecule has 0 unspecified atom stereocenters. The number of piperidine rings is 1. The number of aromatic nitrogens is 1. The smallest absolute Gasteiger partial charge is 0.250 e. The molecule has 1 saturated heterocycles. The highest BCUT2D eigenvalue weighted by atomic mass is 32.2. The van der Waals surface area contributed by atoms with E-state index >= 15 is 0 Å². The van der Waals surface area contributed by atoms with Crippen molar-refractivity contribution in [1.82, 2.24) is 8.87 Å². The Labute approximate surface area is 106 Å². The third-order valence-corrected chi connectivity index (χ3v) is 5.15. The molecular weight excluding hydrogens is 252 g/mol. The van der Waals surface area contributed by atoms with Crippen LogP contribution in [-0.2, 0) is 16.6 Å². The first-order valence-electron chi connectivity index (χ1n) is 6.10. The Kier molecular flexibility index (Phi) is 2.60. The maximum absolute atomic E-state index is 11.8. The maximum atomic E-state index is 11.8. The molecule has 0 aromatic carbocycles. The van der Waals surface area contributed by atoms with Gasteiger partial charge in [0, 0.05) is 37.3 Å². The van der Waals surface area contributed by atoms with E-state index in [2.05, 4.69) is 0 Å². The van der Waals surface area contributed by atoms with Crippen LogP contribution in [-0.4, -0.2) is 36.6 Å². The fraction of sp³-hybridized carbons (Fsp3) is 0.583. The van der Waals surface area contributed by atoms with Crippen LogP contribution in [0.25, 0.3) is 0 Å². The van der Waals surface area contributed by atoms with Gasteiger partial charge in [-0.1, -0.05) is 6.07 Å². The van der Waals surface area contributed by atoms with Gasteiger partial charge in [-0.15, -0.1) is 0 Å². The summed E-state index contributed by atoms with van der Waals surface area (Å²) >= 11 is 0. The highest BCUT2D eigenvalue weighted by Gasteiger charge is 2.37. The molecule has 0 saturated carbocycles. The Morgan fingerprint density at radius 1 is 1.22 bits per heavy atom. The van der Waals surface area contributed by atoms with E-state index < -0.39 is 10.0 Å².